The number of benzene rings is 2. The van der Waals surface area contributed by atoms with E-state index in [1.807, 2.05) is 12.1 Å². The predicted octanol–water partition coefficient (Wildman–Crippen LogP) is 1.88. The molecule has 2 aromatic carbocycles. The number of piperidine rings is 1. The fourth-order valence-electron chi connectivity index (χ4n) is 4.78. The molecule has 0 unspecified atom stereocenters. The molecule has 2 aliphatic heterocycles. The van der Waals surface area contributed by atoms with Gasteiger partial charge < -0.3 is 15.7 Å². The smallest absolute Gasteiger partial charge is 0.251 e. The summed E-state index contributed by atoms with van der Waals surface area (Å²) in [5, 5.41) is 16.9. The minimum atomic E-state index is -3.20. The molecule has 0 saturated carbocycles. The lowest BCUT2D eigenvalue weighted by atomic mass is 9.90. The Kier molecular flexibility index (Phi) is 8.01. The van der Waals surface area contributed by atoms with Crippen molar-refractivity contribution in [3.05, 3.63) is 70.8 Å². The second-order valence-corrected chi connectivity index (χ2v) is 11.5. The normalized spacial score (nSPS) is 20.1. The fraction of sp³-hybridized carbons (Fsp3) is 0.462. The van der Waals surface area contributed by atoms with Gasteiger partial charge in [0.25, 0.3) is 5.91 Å². The van der Waals surface area contributed by atoms with Crippen molar-refractivity contribution >= 4 is 21.7 Å². The molecule has 9 heteroatoms. The van der Waals surface area contributed by atoms with Gasteiger partial charge in [-0.05, 0) is 48.9 Å². The SMILES string of the molecule is CS(=O)(=O)N1CCC(NC(=O)c2ccc(C(=O)CC[C@@H](O)[C@@H]3Cc4ccccc4CN3)cc2)CC1. The van der Waals surface area contributed by atoms with E-state index in [4.69, 9.17) is 0 Å². The van der Waals surface area contributed by atoms with E-state index in [1.165, 1.54) is 21.7 Å². The number of nitrogens with zero attached hydrogens (tertiary/aromatic N) is 1. The van der Waals surface area contributed by atoms with E-state index < -0.39 is 16.1 Å². The van der Waals surface area contributed by atoms with Crippen LogP contribution in [0.5, 0.6) is 0 Å². The fourth-order valence-corrected chi connectivity index (χ4v) is 5.66. The number of carbonyl (C=O) groups excluding carboxylic acids is 2. The maximum Gasteiger partial charge on any atom is 0.251 e. The van der Waals surface area contributed by atoms with Crippen LogP contribution in [0, 0.1) is 0 Å². The van der Waals surface area contributed by atoms with E-state index in [2.05, 4.69) is 22.8 Å². The van der Waals surface area contributed by atoms with Gasteiger partial charge >= 0.3 is 0 Å². The lowest BCUT2D eigenvalue weighted by Gasteiger charge is -2.30. The highest BCUT2D eigenvalue weighted by Gasteiger charge is 2.27. The Morgan fingerprint density at radius 2 is 1.69 bits per heavy atom. The highest BCUT2D eigenvalue weighted by molar-refractivity contribution is 7.88. The van der Waals surface area contributed by atoms with Gasteiger partial charge in [0.2, 0.25) is 10.0 Å². The van der Waals surface area contributed by atoms with Crippen LogP contribution in [0.4, 0.5) is 0 Å². The molecule has 2 aliphatic rings. The van der Waals surface area contributed by atoms with Crippen LogP contribution in [0.2, 0.25) is 0 Å². The van der Waals surface area contributed by atoms with Crippen LogP contribution in [0.15, 0.2) is 48.5 Å². The van der Waals surface area contributed by atoms with Gasteiger partial charge in [-0.2, -0.15) is 0 Å². The standard InChI is InChI=1S/C26H33N3O5S/c1-35(33,34)29-14-12-22(13-15-29)28-26(32)19-8-6-18(7-9-19)24(30)10-11-25(31)23-16-20-4-2-3-5-21(20)17-27-23/h2-9,22-23,25,27,31H,10-17H2,1H3,(H,28,32)/t23-,25+/m0/s1. The number of hydrogen-bond donors (Lipinski definition) is 3. The highest BCUT2D eigenvalue weighted by Crippen LogP contribution is 2.20. The number of fused-ring (bicyclic) bond motifs is 1. The van der Waals surface area contributed by atoms with Crippen LogP contribution in [0.25, 0.3) is 0 Å². The third kappa shape index (κ3) is 6.55. The summed E-state index contributed by atoms with van der Waals surface area (Å²) in [6.07, 6.45) is 3.05. The third-order valence-corrected chi connectivity index (χ3v) is 8.27. The van der Waals surface area contributed by atoms with Crippen molar-refractivity contribution in [1.29, 1.82) is 0 Å². The number of aliphatic hydroxyl groups is 1. The molecule has 3 N–H and O–H groups in total. The number of hydrogen-bond acceptors (Lipinski definition) is 6. The molecular formula is C26H33N3O5S. The van der Waals surface area contributed by atoms with Crippen molar-refractivity contribution in [2.45, 2.75) is 56.8 Å². The molecule has 0 aliphatic carbocycles. The molecule has 2 aromatic rings. The van der Waals surface area contributed by atoms with Gasteiger partial charge in [-0.3, -0.25) is 9.59 Å². The van der Waals surface area contributed by atoms with E-state index in [0.717, 1.165) is 6.42 Å². The summed E-state index contributed by atoms with van der Waals surface area (Å²) in [7, 11) is -3.20. The minimum absolute atomic E-state index is 0.0691. The summed E-state index contributed by atoms with van der Waals surface area (Å²) in [5.74, 6) is -0.304. The Hall–Kier alpha value is -2.59. The Morgan fingerprint density at radius 3 is 2.34 bits per heavy atom. The van der Waals surface area contributed by atoms with E-state index in [0.29, 0.717) is 50.0 Å². The second-order valence-electron chi connectivity index (χ2n) is 9.48. The minimum Gasteiger partial charge on any atom is -0.391 e. The largest absolute Gasteiger partial charge is 0.391 e. The Balaban J connectivity index is 1.24. The first-order chi connectivity index (χ1) is 16.7. The van der Waals surface area contributed by atoms with Crippen LogP contribution in [-0.4, -0.2) is 67.1 Å². The summed E-state index contributed by atoms with van der Waals surface area (Å²) in [5.41, 5.74) is 3.45. The van der Waals surface area contributed by atoms with Gasteiger partial charge in [-0.25, -0.2) is 12.7 Å². The summed E-state index contributed by atoms with van der Waals surface area (Å²) in [6.45, 7) is 1.50. The molecule has 0 spiro atoms. The van der Waals surface area contributed by atoms with Gasteiger partial charge in [-0.15, -0.1) is 0 Å². The van der Waals surface area contributed by atoms with E-state index in [9.17, 15) is 23.1 Å². The molecule has 35 heavy (non-hydrogen) atoms. The molecule has 1 saturated heterocycles. The summed E-state index contributed by atoms with van der Waals surface area (Å²) >= 11 is 0. The molecule has 188 valence electrons. The monoisotopic (exact) mass is 499 g/mol. The molecule has 2 heterocycles. The van der Waals surface area contributed by atoms with Crippen molar-refractivity contribution in [2.24, 2.45) is 0 Å². The molecule has 1 fully saturated rings. The first-order valence-electron chi connectivity index (χ1n) is 12.1. The van der Waals surface area contributed by atoms with Crippen molar-refractivity contribution in [3.8, 4) is 0 Å². The van der Waals surface area contributed by atoms with Crippen molar-refractivity contribution < 1.29 is 23.1 Å². The number of carbonyl (C=O) groups is 2. The van der Waals surface area contributed by atoms with Gasteiger partial charge in [0, 0.05) is 49.3 Å². The van der Waals surface area contributed by atoms with Crippen molar-refractivity contribution in [2.75, 3.05) is 19.3 Å². The number of Topliss-reactive ketones (excluding diaryl/α,β-unsaturated/α-hetero) is 1. The average molecular weight is 500 g/mol. The van der Waals surface area contributed by atoms with Gasteiger partial charge in [0.15, 0.2) is 5.78 Å². The highest BCUT2D eigenvalue weighted by atomic mass is 32.2. The number of ketones is 1. The van der Waals surface area contributed by atoms with Gasteiger partial charge in [0.1, 0.15) is 0 Å². The molecule has 0 bridgehead atoms. The summed E-state index contributed by atoms with van der Waals surface area (Å²) < 4.78 is 24.7. The first-order valence-corrected chi connectivity index (χ1v) is 13.9. The van der Waals surface area contributed by atoms with Gasteiger partial charge in [0.05, 0.1) is 12.4 Å². The zero-order valence-electron chi connectivity index (χ0n) is 19.9. The number of aliphatic hydroxyl groups excluding tert-OH is 1. The van der Waals surface area contributed by atoms with Crippen LogP contribution < -0.4 is 10.6 Å². The average Bonchev–Trinajstić information content (AvgIpc) is 2.86. The van der Waals surface area contributed by atoms with E-state index in [1.54, 1.807) is 24.3 Å². The lowest BCUT2D eigenvalue weighted by molar-refractivity contribution is 0.0876. The number of amides is 1. The van der Waals surface area contributed by atoms with E-state index in [-0.39, 0.29) is 30.2 Å². The second kappa shape index (κ2) is 11.0. The maximum absolute atomic E-state index is 12.7. The third-order valence-electron chi connectivity index (χ3n) is 6.97. The Labute approximate surface area is 206 Å². The molecule has 1 amide bonds. The van der Waals surface area contributed by atoms with Crippen molar-refractivity contribution in [3.63, 3.8) is 0 Å². The zero-order chi connectivity index (χ0) is 25.0. The zero-order valence-corrected chi connectivity index (χ0v) is 20.8. The van der Waals surface area contributed by atoms with Crippen LogP contribution in [-0.2, 0) is 23.0 Å². The molecule has 0 aromatic heterocycles. The van der Waals surface area contributed by atoms with Crippen molar-refractivity contribution in [1.82, 2.24) is 14.9 Å². The lowest BCUT2D eigenvalue weighted by Crippen LogP contribution is -2.46. The number of rotatable bonds is 8. The Bertz CT molecular complexity index is 1160. The van der Waals surface area contributed by atoms with Crippen LogP contribution in [0.1, 0.15) is 57.5 Å². The quantitative estimate of drug-likeness (QED) is 0.478. The Morgan fingerprint density at radius 1 is 1.06 bits per heavy atom. The number of nitrogens with one attached hydrogen (secondary N) is 2. The summed E-state index contributed by atoms with van der Waals surface area (Å²) in [4.78, 5) is 25.2. The maximum atomic E-state index is 12.7. The molecule has 2 atom stereocenters. The predicted molar refractivity (Wildman–Crippen MR) is 134 cm³/mol. The summed E-state index contributed by atoms with van der Waals surface area (Å²) in [6, 6.07) is 14.6. The molecule has 4 rings (SSSR count). The van der Waals surface area contributed by atoms with Crippen LogP contribution >= 0.6 is 0 Å². The number of sulfonamides is 1. The topological polar surface area (TPSA) is 116 Å². The molecular weight excluding hydrogens is 466 g/mol. The van der Waals surface area contributed by atoms with Gasteiger partial charge in [-0.1, -0.05) is 36.4 Å². The van der Waals surface area contributed by atoms with E-state index >= 15 is 0 Å². The molecule has 8 nitrogen and oxygen atoms in total. The first kappa shape index (κ1) is 25.5. The molecule has 0 radical (unpaired) electrons. The van der Waals surface area contributed by atoms with Crippen LogP contribution in [0.3, 0.4) is 0 Å².